The van der Waals surface area contributed by atoms with Gasteiger partial charge in [0.25, 0.3) is 0 Å². The van der Waals surface area contributed by atoms with Crippen LogP contribution >= 0.6 is 0 Å². The number of ether oxygens (including phenoxy) is 6. The smallest absolute Gasteiger partial charge is 0.220 e. The van der Waals surface area contributed by atoms with Gasteiger partial charge in [-0.05, 0) is 64.2 Å². The minimum absolute atomic E-state index is 0.237. The highest BCUT2D eigenvalue weighted by Gasteiger charge is 2.54. The molecule has 0 aromatic rings. The van der Waals surface area contributed by atoms with E-state index in [9.17, 15) is 61.0 Å². The van der Waals surface area contributed by atoms with Gasteiger partial charge in [0.1, 0.15) is 73.2 Å². The van der Waals surface area contributed by atoms with E-state index in [0.717, 1.165) is 89.9 Å². The van der Waals surface area contributed by atoms with Crippen molar-refractivity contribution in [3.8, 4) is 0 Å². The zero-order valence-electron chi connectivity index (χ0n) is 63.6. The second kappa shape index (κ2) is 63.2. The van der Waals surface area contributed by atoms with Crippen LogP contribution in [-0.2, 0) is 33.2 Å². The van der Waals surface area contributed by atoms with Gasteiger partial charge in [0, 0.05) is 6.42 Å². The first-order chi connectivity index (χ1) is 49.8. The molecule has 3 saturated heterocycles. The molecule has 3 aliphatic rings. The Morgan fingerprint density at radius 1 is 0.363 bits per heavy atom. The molecule has 3 heterocycles. The first kappa shape index (κ1) is 93.4. The molecule has 19 heteroatoms. The fourth-order valence-electron chi connectivity index (χ4n) is 13.7. The van der Waals surface area contributed by atoms with Crippen LogP contribution in [0.2, 0.25) is 0 Å². The lowest BCUT2D eigenvalue weighted by Gasteiger charge is -2.48. The number of nitrogens with one attached hydrogen (secondary N) is 1. The summed E-state index contributed by atoms with van der Waals surface area (Å²) in [4.78, 5) is 13.5. The lowest BCUT2D eigenvalue weighted by molar-refractivity contribution is -0.379. The largest absolute Gasteiger partial charge is 0.394 e. The topological polar surface area (TPSA) is 307 Å². The number of hydrogen-bond donors (Lipinski definition) is 12. The maximum atomic E-state index is 13.5. The summed E-state index contributed by atoms with van der Waals surface area (Å²) in [5.74, 6) is -0.278. The summed E-state index contributed by atoms with van der Waals surface area (Å²) in [5.41, 5.74) is 0. The summed E-state index contributed by atoms with van der Waals surface area (Å²) in [6.45, 7) is 1.66. The zero-order valence-corrected chi connectivity index (χ0v) is 63.6. The molecule has 3 aliphatic heterocycles. The number of unbranched alkanes of at least 4 members (excludes halogenated alkanes) is 39. The van der Waals surface area contributed by atoms with Crippen LogP contribution in [0.25, 0.3) is 0 Å². The highest BCUT2D eigenvalue weighted by molar-refractivity contribution is 5.76. The Morgan fingerprint density at radius 3 is 1.06 bits per heavy atom. The van der Waals surface area contributed by atoms with Crippen molar-refractivity contribution in [1.29, 1.82) is 0 Å². The van der Waals surface area contributed by atoms with Crippen LogP contribution in [-0.4, -0.2) is 193 Å². The Bertz CT molecular complexity index is 2120. The normalized spacial score (nSPS) is 26.5. The van der Waals surface area contributed by atoms with Gasteiger partial charge in [-0.1, -0.05) is 318 Å². The van der Waals surface area contributed by atoms with E-state index in [1.165, 1.54) is 199 Å². The monoisotopic (exact) mass is 1450 g/mol. The lowest BCUT2D eigenvalue weighted by atomic mass is 9.96. The van der Waals surface area contributed by atoms with Crippen molar-refractivity contribution < 1.29 is 89.4 Å². The van der Waals surface area contributed by atoms with Gasteiger partial charge in [0.2, 0.25) is 5.91 Å². The average Bonchev–Trinajstić information content (AvgIpc) is 0.782. The van der Waals surface area contributed by atoms with Crippen LogP contribution < -0.4 is 5.32 Å². The predicted molar refractivity (Wildman–Crippen MR) is 406 cm³/mol. The lowest BCUT2D eigenvalue weighted by Crippen LogP contribution is -2.66. The van der Waals surface area contributed by atoms with Crippen LogP contribution in [0.4, 0.5) is 0 Å². The number of allylic oxidation sites excluding steroid dienone is 11. The summed E-state index contributed by atoms with van der Waals surface area (Å²) in [5, 5.41) is 121. The van der Waals surface area contributed by atoms with Gasteiger partial charge in [-0.3, -0.25) is 4.79 Å². The van der Waals surface area contributed by atoms with Crippen molar-refractivity contribution in [2.45, 2.75) is 420 Å². The van der Waals surface area contributed by atoms with E-state index < -0.39 is 124 Å². The molecule has 594 valence electrons. The molecule has 0 spiro atoms. The molecule has 3 fully saturated rings. The molecule has 0 saturated carbocycles. The van der Waals surface area contributed by atoms with Crippen LogP contribution in [0.5, 0.6) is 0 Å². The maximum absolute atomic E-state index is 13.5. The van der Waals surface area contributed by atoms with Crippen LogP contribution in [0.15, 0.2) is 72.9 Å². The maximum Gasteiger partial charge on any atom is 0.220 e. The molecule has 0 radical (unpaired) electrons. The van der Waals surface area contributed by atoms with E-state index in [2.05, 4.69) is 79.9 Å². The van der Waals surface area contributed by atoms with Crippen molar-refractivity contribution in [2.24, 2.45) is 0 Å². The molecule has 0 aromatic carbocycles. The number of carbonyl (C=O) groups is 1. The Labute approximate surface area is 617 Å². The highest BCUT2D eigenvalue weighted by atomic mass is 16.8. The van der Waals surface area contributed by atoms with Crippen molar-refractivity contribution >= 4 is 5.91 Å². The standard InChI is InChI=1S/C83H149NO18/c1-3-5-7-9-11-13-15-17-19-21-23-25-27-29-31-32-33-35-36-38-40-42-44-46-48-50-52-54-56-58-60-67(88)66(84-71(89)61-59-57-55-53-51-49-47-45-43-41-39-37-34-30-28-26-24-22-20-18-16-14-12-10-8-6-4-2)65-97-81-77(95)74(92)79(69(63-86)99-81)102-83-78(96)75(93)80(70(64-87)100-83)101-82-76(94)73(91)72(90)68(62-85)98-82/h6,8,12,14,18,20,24,26,30,34,58,60,66-70,72-83,85-88,90-96H,3-5,7,9-11,13,15-17,19,21-23,25,27-29,31-33,35-57,59,61-65H2,1-2H3,(H,84,89)/b8-6-,14-12-,20-18-,26-24-,34-30-,60-58+. The molecule has 3 rings (SSSR count). The van der Waals surface area contributed by atoms with Crippen molar-refractivity contribution in [3.05, 3.63) is 72.9 Å². The SMILES string of the molecule is CC/C=C\C/C=C\C/C=C\C/C=C\C/C=C\CCCCCCCCCCCCCC(=O)NC(COC1OC(CO)C(OC2OC(CO)C(OC3OC(CO)C(O)C(O)C3O)C(O)C2O)C(O)C1O)C(O)/C=C/CCCCCCCCCCCCCCCCCCCCCCCCCCCCCC. The summed E-state index contributed by atoms with van der Waals surface area (Å²) in [7, 11) is 0. The van der Waals surface area contributed by atoms with Gasteiger partial charge in [-0.15, -0.1) is 0 Å². The van der Waals surface area contributed by atoms with Crippen LogP contribution in [0.1, 0.15) is 316 Å². The Kier molecular flexibility index (Phi) is 57.9. The third-order valence-corrected chi connectivity index (χ3v) is 20.3. The van der Waals surface area contributed by atoms with Crippen molar-refractivity contribution in [3.63, 3.8) is 0 Å². The zero-order chi connectivity index (χ0) is 73.9. The number of hydrogen-bond acceptors (Lipinski definition) is 18. The van der Waals surface area contributed by atoms with E-state index >= 15 is 0 Å². The summed E-state index contributed by atoms with van der Waals surface area (Å²) in [6, 6.07) is -0.981. The number of amides is 1. The molecular weight excluding hydrogens is 1300 g/mol. The van der Waals surface area contributed by atoms with Gasteiger partial charge in [-0.2, -0.15) is 0 Å². The molecular formula is C83H149NO18. The van der Waals surface area contributed by atoms with Gasteiger partial charge in [-0.25, -0.2) is 0 Å². The van der Waals surface area contributed by atoms with Crippen LogP contribution in [0, 0.1) is 0 Å². The Balaban J connectivity index is 1.37. The third kappa shape index (κ3) is 42.7. The highest BCUT2D eigenvalue weighted by Crippen LogP contribution is 2.33. The van der Waals surface area contributed by atoms with E-state index in [4.69, 9.17) is 28.4 Å². The molecule has 19 nitrogen and oxygen atoms in total. The van der Waals surface area contributed by atoms with Crippen molar-refractivity contribution in [2.75, 3.05) is 26.4 Å². The molecule has 0 bridgehead atoms. The minimum atomic E-state index is -1.98. The first-order valence-electron chi connectivity index (χ1n) is 41.2. The van der Waals surface area contributed by atoms with Gasteiger partial charge in [0.05, 0.1) is 38.6 Å². The van der Waals surface area contributed by atoms with Gasteiger partial charge < -0.3 is 89.9 Å². The minimum Gasteiger partial charge on any atom is -0.394 e. The molecule has 17 unspecified atom stereocenters. The second-order valence-electron chi connectivity index (χ2n) is 29.2. The fourth-order valence-corrected chi connectivity index (χ4v) is 13.7. The van der Waals surface area contributed by atoms with E-state index in [1.54, 1.807) is 6.08 Å². The molecule has 17 atom stereocenters. The van der Waals surface area contributed by atoms with Gasteiger partial charge in [0.15, 0.2) is 18.9 Å². The van der Waals surface area contributed by atoms with E-state index in [0.29, 0.717) is 6.42 Å². The third-order valence-electron chi connectivity index (χ3n) is 20.3. The quantitative estimate of drug-likeness (QED) is 0.0199. The second-order valence-corrected chi connectivity index (χ2v) is 29.2. The molecule has 12 N–H and O–H groups in total. The number of aliphatic hydroxyl groups is 11. The Morgan fingerprint density at radius 2 is 0.676 bits per heavy atom. The van der Waals surface area contributed by atoms with E-state index in [-0.39, 0.29) is 18.9 Å². The fraction of sp³-hybridized carbons (Fsp3) is 0.843. The Hall–Kier alpha value is -2.77. The van der Waals surface area contributed by atoms with Crippen LogP contribution in [0.3, 0.4) is 0 Å². The molecule has 0 aliphatic carbocycles. The number of carbonyl (C=O) groups excluding carboxylic acids is 1. The van der Waals surface area contributed by atoms with Crippen molar-refractivity contribution in [1.82, 2.24) is 5.32 Å². The van der Waals surface area contributed by atoms with E-state index in [1.807, 2.05) is 6.08 Å². The van der Waals surface area contributed by atoms with Gasteiger partial charge >= 0.3 is 0 Å². The average molecular weight is 1450 g/mol. The predicted octanol–water partition coefficient (Wildman–Crippen LogP) is 14.0. The molecule has 1 amide bonds. The summed E-state index contributed by atoms with van der Waals surface area (Å²) < 4.78 is 34.5. The molecule has 102 heavy (non-hydrogen) atoms. The summed E-state index contributed by atoms with van der Waals surface area (Å²) >= 11 is 0. The number of rotatable bonds is 65. The first-order valence-corrected chi connectivity index (χ1v) is 41.2. The molecule has 0 aromatic heterocycles. The summed E-state index contributed by atoms with van der Waals surface area (Å²) in [6.07, 6.45) is 56.0. The number of aliphatic hydroxyl groups excluding tert-OH is 11.